The molecule has 5 nitrogen and oxygen atoms in total. The van der Waals surface area contributed by atoms with E-state index >= 15 is 0 Å². The Morgan fingerprint density at radius 1 is 1.15 bits per heavy atom. The fourth-order valence-electron chi connectivity index (χ4n) is 4.69. The first-order chi connectivity index (χ1) is 13.2. The van der Waals surface area contributed by atoms with E-state index in [0.717, 1.165) is 39.0 Å². The Kier molecular flexibility index (Phi) is 5.91. The number of aryl methyl sites for hydroxylation is 1. The van der Waals surface area contributed by atoms with E-state index < -0.39 is 0 Å². The average Bonchev–Trinajstić information content (AvgIpc) is 3.23. The Hall–Kier alpha value is -1.69. The normalized spacial score (nSPS) is 23.0. The molecule has 1 aromatic carbocycles. The number of aliphatic hydroxyl groups is 1. The molecule has 1 atom stereocenters. The first-order valence-corrected chi connectivity index (χ1v) is 10.4. The molecule has 0 radical (unpaired) electrons. The number of hydrogen-bond acceptors (Lipinski definition) is 4. The summed E-state index contributed by atoms with van der Waals surface area (Å²) in [6, 6.07) is 9.32. The minimum atomic E-state index is 0.355. The molecule has 0 aliphatic carbocycles. The molecule has 4 rings (SSSR count). The van der Waals surface area contributed by atoms with Gasteiger partial charge in [0.05, 0.1) is 5.69 Å². The molecule has 1 N–H and O–H groups in total. The zero-order chi connectivity index (χ0) is 18.6. The fourth-order valence-corrected chi connectivity index (χ4v) is 4.69. The van der Waals surface area contributed by atoms with Crippen LogP contribution in [0.1, 0.15) is 36.8 Å². The first kappa shape index (κ1) is 18.7. The molecule has 0 bridgehead atoms. The summed E-state index contributed by atoms with van der Waals surface area (Å²) in [6.45, 7) is 8.13. The minimum absolute atomic E-state index is 0.355. The van der Waals surface area contributed by atoms with Crippen LogP contribution in [-0.4, -0.2) is 63.5 Å². The minimum Gasteiger partial charge on any atom is -0.396 e. The van der Waals surface area contributed by atoms with Crippen LogP contribution in [0.3, 0.4) is 0 Å². The monoisotopic (exact) mass is 368 g/mol. The zero-order valence-electron chi connectivity index (χ0n) is 16.4. The Morgan fingerprint density at radius 3 is 2.74 bits per heavy atom. The summed E-state index contributed by atoms with van der Waals surface area (Å²) >= 11 is 0. The highest BCUT2D eigenvalue weighted by Crippen LogP contribution is 2.25. The largest absolute Gasteiger partial charge is 0.396 e. The molecule has 0 spiro atoms. The zero-order valence-corrected chi connectivity index (χ0v) is 16.4. The van der Waals surface area contributed by atoms with Gasteiger partial charge in [0.2, 0.25) is 0 Å². The lowest BCUT2D eigenvalue weighted by molar-refractivity contribution is 0.0544. The fraction of sp³-hybridized carbons (Fsp3) is 0.591. The number of benzene rings is 1. The number of piperidine rings is 2. The van der Waals surface area contributed by atoms with E-state index in [1.807, 2.05) is 23.1 Å². The van der Waals surface area contributed by atoms with Crippen molar-refractivity contribution < 1.29 is 5.11 Å². The van der Waals surface area contributed by atoms with Gasteiger partial charge in [-0.3, -0.25) is 9.80 Å². The second kappa shape index (κ2) is 8.55. The van der Waals surface area contributed by atoms with Crippen LogP contribution in [-0.2, 0) is 6.54 Å². The molecule has 2 aliphatic rings. The van der Waals surface area contributed by atoms with Gasteiger partial charge in [-0.05, 0) is 75.9 Å². The topological polar surface area (TPSA) is 44.5 Å². The predicted molar refractivity (Wildman–Crippen MR) is 108 cm³/mol. The van der Waals surface area contributed by atoms with Crippen LogP contribution >= 0.6 is 0 Å². The molecular formula is C22H32N4O. The van der Waals surface area contributed by atoms with Crippen molar-refractivity contribution in [2.45, 2.75) is 45.2 Å². The quantitative estimate of drug-likeness (QED) is 0.881. The number of rotatable bonds is 5. The van der Waals surface area contributed by atoms with Gasteiger partial charge in [-0.2, -0.15) is 5.10 Å². The summed E-state index contributed by atoms with van der Waals surface area (Å²) in [7, 11) is 0. The average molecular weight is 369 g/mol. The van der Waals surface area contributed by atoms with Crippen molar-refractivity contribution in [3.8, 4) is 5.69 Å². The van der Waals surface area contributed by atoms with Crippen LogP contribution in [0.2, 0.25) is 0 Å². The summed E-state index contributed by atoms with van der Waals surface area (Å²) < 4.78 is 1.98. The Labute approximate surface area is 162 Å². The van der Waals surface area contributed by atoms with Crippen molar-refractivity contribution in [1.82, 2.24) is 19.6 Å². The van der Waals surface area contributed by atoms with E-state index in [2.05, 4.69) is 40.0 Å². The summed E-state index contributed by atoms with van der Waals surface area (Å²) in [5.41, 5.74) is 3.86. The summed E-state index contributed by atoms with van der Waals surface area (Å²) in [5.74, 6) is 0.518. The maximum Gasteiger partial charge on any atom is 0.0690 e. The highest BCUT2D eigenvalue weighted by Gasteiger charge is 2.28. The number of aromatic nitrogens is 2. The maximum absolute atomic E-state index is 9.39. The molecule has 146 valence electrons. The van der Waals surface area contributed by atoms with Gasteiger partial charge in [0, 0.05) is 38.1 Å². The van der Waals surface area contributed by atoms with Gasteiger partial charge < -0.3 is 5.11 Å². The molecular weight excluding hydrogens is 336 g/mol. The molecule has 3 heterocycles. The molecule has 2 aromatic rings. The van der Waals surface area contributed by atoms with Crippen molar-refractivity contribution in [2.24, 2.45) is 5.92 Å². The van der Waals surface area contributed by atoms with E-state index in [0.29, 0.717) is 18.6 Å². The van der Waals surface area contributed by atoms with Gasteiger partial charge in [-0.15, -0.1) is 0 Å². The molecule has 2 fully saturated rings. The Bertz CT molecular complexity index is 722. The van der Waals surface area contributed by atoms with E-state index in [4.69, 9.17) is 0 Å². The van der Waals surface area contributed by atoms with E-state index in [9.17, 15) is 5.11 Å². The number of hydrogen-bond donors (Lipinski definition) is 1. The standard InChI is InChI=1S/C22H32N4O/c1-18-5-6-22(26-11-3-9-23-26)20(14-18)15-24-10-2-4-21(16-24)25-12-7-19(17-27)8-13-25/h3,5-6,9,11,14,19,21,27H,2,4,7-8,10,12-13,15-17H2,1H3. The van der Waals surface area contributed by atoms with Crippen LogP contribution in [0, 0.1) is 12.8 Å². The van der Waals surface area contributed by atoms with Crippen molar-refractivity contribution in [1.29, 1.82) is 0 Å². The van der Waals surface area contributed by atoms with E-state index in [-0.39, 0.29) is 0 Å². The van der Waals surface area contributed by atoms with Crippen molar-refractivity contribution in [3.05, 3.63) is 47.8 Å². The van der Waals surface area contributed by atoms with Gasteiger partial charge in [-0.25, -0.2) is 4.68 Å². The molecule has 2 saturated heterocycles. The molecule has 2 aliphatic heterocycles. The maximum atomic E-state index is 9.39. The Morgan fingerprint density at radius 2 is 2.00 bits per heavy atom. The van der Waals surface area contributed by atoms with Gasteiger partial charge in [-0.1, -0.05) is 17.7 Å². The van der Waals surface area contributed by atoms with Crippen LogP contribution in [0.15, 0.2) is 36.7 Å². The number of aliphatic hydroxyl groups excluding tert-OH is 1. The summed E-state index contributed by atoms with van der Waals surface area (Å²) in [6.07, 6.45) is 8.74. The molecule has 1 unspecified atom stereocenters. The summed E-state index contributed by atoms with van der Waals surface area (Å²) in [5, 5.41) is 13.8. The lowest BCUT2D eigenvalue weighted by atomic mass is 9.94. The van der Waals surface area contributed by atoms with Crippen LogP contribution < -0.4 is 0 Å². The van der Waals surface area contributed by atoms with E-state index in [1.54, 1.807) is 0 Å². The SMILES string of the molecule is Cc1ccc(-n2cccn2)c(CN2CCCC(N3CCC(CO)CC3)C2)c1. The number of likely N-dealkylation sites (tertiary alicyclic amines) is 2. The van der Waals surface area contributed by atoms with Gasteiger partial charge in [0.1, 0.15) is 0 Å². The van der Waals surface area contributed by atoms with Gasteiger partial charge in [0.15, 0.2) is 0 Å². The van der Waals surface area contributed by atoms with Gasteiger partial charge >= 0.3 is 0 Å². The third kappa shape index (κ3) is 4.42. The first-order valence-electron chi connectivity index (χ1n) is 10.4. The summed E-state index contributed by atoms with van der Waals surface area (Å²) in [4.78, 5) is 5.29. The predicted octanol–water partition coefficient (Wildman–Crippen LogP) is 2.85. The lowest BCUT2D eigenvalue weighted by Crippen LogP contribution is -2.50. The van der Waals surface area contributed by atoms with Crippen molar-refractivity contribution in [2.75, 3.05) is 32.8 Å². The van der Waals surface area contributed by atoms with Crippen LogP contribution in [0.25, 0.3) is 5.69 Å². The molecule has 0 amide bonds. The molecule has 0 saturated carbocycles. The molecule has 1 aromatic heterocycles. The number of nitrogens with zero attached hydrogens (tertiary/aromatic N) is 4. The lowest BCUT2D eigenvalue weighted by Gasteiger charge is -2.42. The third-order valence-corrected chi connectivity index (χ3v) is 6.28. The molecule has 5 heteroatoms. The Balaban J connectivity index is 1.43. The van der Waals surface area contributed by atoms with Crippen LogP contribution in [0.5, 0.6) is 0 Å². The second-order valence-electron chi connectivity index (χ2n) is 8.28. The highest BCUT2D eigenvalue weighted by molar-refractivity contribution is 5.42. The highest BCUT2D eigenvalue weighted by atomic mass is 16.3. The third-order valence-electron chi connectivity index (χ3n) is 6.28. The smallest absolute Gasteiger partial charge is 0.0690 e. The van der Waals surface area contributed by atoms with E-state index in [1.165, 1.54) is 36.2 Å². The van der Waals surface area contributed by atoms with Crippen molar-refractivity contribution in [3.63, 3.8) is 0 Å². The molecule has 27 heavy (non-hydrogen) atoms. The van der Waals surface area contributed by atoms with Crippen LogP contribution in [0.4, 0.5) is 0 Å². The van der Waals surface area contributed by atoms with Gasteiger partial charge in [0.25, 0.3) is 0 Å². The second-order valence-corrected chi connectivity index (χ2v) is 8.28. The van der Waals surface area contributed by atoms with Crippen molar-refractivity contribution >= 4 is 0 Å².